The molecule has 0 radical (unpaired) electrons. The van der Waals surface area contributed by atoms with E-state index in [0.717, 1.165) is 4.31 Å². The summed E-state index contributed by atoms with van der Waals surface area (Å²) in [5.41, 5.74) is 4.69. The van der Waals surface area contributed by atoms with E-state index in [1.165, 1.54) is 14.1 Å². The Labute approximate surface area is 70.6 Å². The average molecular weight is 197 g/mol. The summed E-state index contributed by atoms with van der Waals surface area (Å²) < 4.78 is 22.6. The van der Waals surface area contributed by atoms with Gasteiger partial charge in [-0.25, -0.2) is 0 Å². The molecule has 0 aliphatic carbocycles. The van der Waals surface area contributed by atoms with Crippen LogP contribution >= 0.6 is 0 Å². The fourth-order valence-electron chi connectivity index (χ4n) is 0.250. The summed E-state index contributed by atoms with van der Waals surface area (Å²) in [6.45, 7) is -0.493. The zero-order chi connectivity index (χ0) is 9.78. The van der Waals surface area contributed by atoms with Gasteiger partial charge in [-0.1, -0.05) is 4.89 Å². The number of nitrogens with one attached hydrogen (secondary N) is 1. The van der Waals surface area contributed by atoms with Crippen molar-refractivity contribution in [1.82, 2.24) is 9.19 Å². The van der Waals surface area contributed by atoms with Gasteiger partial charge in [-0.05, 0) is 0 Å². The number of nitrogens with zero attached hydrogens (tertiary/aromatic N) is 1. The molecular formula is C4H11N3O4S. The highest BCUT2D eigenvalue weighted by atomic mass is 32.2. The normalized spacial score (nSPS) is 11.9. The lowest BCUT2D eigenvalue weighted by Crippen LogP contribution is -2.37. The van der Waals surface area contributed by atoms with Gasteiger partial charge in [0.05, 0.1) is 0 Å². The third-order valence-electron chi connectivity index (χ3n) is 0.859. The Morgan fingerprint density at radius 1 is 1.58 bits per heavy atom. The lowest BCUT2D eigenvalue weighted by atomic mass is 10.7. The van der Waals surface area contributed by atoms with Gasteiger partial charge in [-0.15, -0.1) is 0 Å². The zero-order valence-electron chi connectivity index (χ0n) is 6.77. The van der Waals surface area contributed by atoms with E-state index in [0.29, 0.717) is 0 Å². The number of carbonyl (C=O) groups excluding carboxylic acids is 1. The number of hydrogen-bond acceptors (Lipinski definition) is 4. The van der Waals surface area contributed by atoms with Crippen molar-refractivity contribution in [3.05, 3.63) is 0 Å². The maximum Gasteiger partial charge on any atom is 0.301 e. The molecule has 1 amide bonds. The molecule has 0 aliphatic rings. The highest BCUT2D eigenvalue weighted by Crippen LogP contribution is 1.86. The molecule has 0 bridgehead atoms. The summed E-state index contributed by atoms with van der Waals surface area (Å²) >= 11 is 0. The first-order valence-corrected chi connectivity index (χ1v) is 4.39. The second kappa shape index (κ2) is 4.36. The maximum atomic E-state index is 10.8. The average Bonchev–Trinajstić information content (AvgIpc) is 1.85. The maximum absolute atomic E-state index is 10.8. The van der Waals surface area contributed by atoms with Gasteiger partial charge in [-0.2, -0.15) is 12.7 Å². The first-order chi connectivity index (χ1) is 5.36. The van der Waals surface area contributed by atoms with Crippen LogP contribution in [0, 0.1) is 0 Å². The van der Waals surface area contributed by atoms with Crippen molar-refractivity contribution in [1.29, 1.82) is 0 Å². The molecule has 0 heterocycles. The fraction of sp³-hybridized carbons (Fsp3) is 0.750. The predicted molar refractivity (Wildman–Crippen MR) is 40.9 cm³/mol. The molecule has 8 heteroatoms. The van der Waals surface area contributed by atoms with Crippen molar-refractivity contribution >= 4 is 16.1 Å². The van der Waals surface area contributed by atoms with Crippen LogP contribution in [0.25, 0.3) is 0 Å². The Kier molecular flexibility index (Phi) is 4.10. The molecule has 3 N–H and O–H groups in total. The lowest BCUT2D eigenvalue weighted by molar-refractivity contribution is -0.123. The summed E-state index contributed by atoms with van der Waals surface area (Å²) in [6.07, 6.45) is 0. The molecule has 0 aliphatic heterocycles. The van der Waals surface area contributed by atoms with Crippen molar-refractivity contribution in [2.24, 2.45) is 5.73 Å². The highest BCUT2D eigenvalue weighted by Gasteiger charge is 2.12. The second-order valence-corrected chi connectivity index (χ2v) is 3.97. The lowest BCUT2D eigenvalue weighted by Gasteiger charge is -2.10. The number of carbonyl (C=O) groups is 1. The molecule has 72 valence electrons. The van der Waals surface area contributed by atoms with E-state index in [1.807, 2.05) is 0 Å². The van der Waals surface area contributed by atoms with Crippen LogP contribution in [0.1, 0.15) is 0 Å². The minimum Gasteiger partial charge on any atom is -0.368 e. The monoisotopic (exact) mass is 197 g/mol. The number of hydrogen-bond donors (Lipinski definition) is 2. The summed E-state index contributed by atoms with van der Waals surface area (Å²) in [4.78, 5) is 16.1. The Morgan fingerprint density at radius 3 is 2.42 bits per heavy atom. The van der Waals surface area contributed by atoms with Crippen LogP contribution in [0.3, 0.4) is 0 Å². The van der Waals surface area contributed by atoms with Gasteiger partial charge in [0, 0.05) is 14.1 Å². The van der Waals surface area contributed by atoms with Crippen molar-refractivity contribution in [2.45, 2.75) is 0 Å². The fourth-order valence-corrected chi connectivity index (χ4v) is 0.607. The third kappa shape index (κ3) is 4.23. The SMILES string of the molecule is CN(C)S(=O)(=O)NOCC(N)=O. The molecule has 0 saturated heterocycles. The van der Waals surface area contributed by atoms with E-state index in [1.54, 1.807) is 4.89 Å². The standard InChI is InChI=1S/C4H11N3O4S/c1-7(2)12(9,10)6-11-3-4(5)8/h6H,3H2,1-2H3,(H2,5,8). The summed E-state index contributed by atoms with van der Waals surface area (Å²) in [5.74, 6) is -0.753. The minimum atomic E-state index is -3.64. The number of nitrogens with two attached hydrogens (primary N) is 1. The quantitative estimate of drug-likeness (QED) is 0.488. The zero-order valence-corrected chi connectivity index (χ0v) is 7.59. The van der Waals surface area contributed by atoms with Crippen LogP contribution in [0.5, 0.6) is 0 Å². The second-order valence-electron chi connectivity index (χ2n) is 2.13. The van der Waals surface area contributed by atoms with E-state index in [9.17, 15) is 13.2 Å². The molecular weight excluding hydrogens is 186 g/mol. The van der Waals surface area contributed by atoms with Crippen molar-refractivity contribution < 1.29 is 18.0 Å². The van der Waals surface area contributed by atoms with E-state index in [2.05, 4.69) is 10.6 Å². The van der Waals surface area contributed by atoms with Crippen molar-refractivity contribution in [3.8, 4) is 0 Å². The van der Waals surface area contributed by atoms with Gasteiger partial charge in [0.25, 0.3) is 0 Å². The Hall–Kier alpha value is -0.700. The highest BCUT2D eigenvalue weighted by molar-refractivity contribution is 7.86. The van der Waals surface area contributed by atoms with Crippen LogP contribution in [-0.4, -0.2) is 39.3 Å². The van der Waals surface area contributed by atoms with Gasteiger partial charge in [0.1, 0.15) is 6.61 Å². The van der Waals surface area contributed by atoms with Gasteiger partial charge >= 0.3 is 10.2 Å². The molecule has 0 atom stereocenters. The van der Waals surface area contributed by atoms with E-state index >= 15 is 0 Å². The van der Waals surface area contributed by atoms with E-state index in [4.69, 9.17) is 0 Å². The Morgan fingerprint density at radius 2 is 2.08 bits per heavy atom. The molecule has 0 fully saturated rings. The smallest absolute Gasteiger partial charge is 0.301 e. The van der Waals surface area contributed by atoms with Crippen LogP contribution in [0.4, 0.5) is 0 Å². The third-order valence-corrected chi connectivity index (χ3v) is 2.15. The predicted octanol–water partition coefficient (Wildman–Crippen LogP) is -2.20. The van der Waals surface area contributed by atoms with E-state index < -0.39 is 22.7 Å². The van der Waals surface area contributed by atoms with Gasteiger partial charge in [0.2, 0.25) is 5.91 Å². The Balaban J connectivity index is 3.86. The molecule has 0 aromatic heterocycles. The topological polar surface area (TPSA) is 102 Å². The molecule has 0 unspecified atom stereocenters. The van der Waals surface area contributed by atoms with Gasteiger partial charge < -0.3 is 5.73 Å². The summed E-state index contributed by atoms with van der Waals surface area (Å²) in [5, 5.41) is 0. The molecule has 0 aromatic carbocycles. The minimum absolute atomic E-state index is 0.493. The molecule has 0 aromatic rings. The number of rotatable bonds is 5. The van der Waals surface area contributed by atoms with Crippen molar-refractivity contribution in [2.75, 3.05) is 20.7 Å². The molecule has 0 rings (SSSR count). The first-order valence-electron chi connectivity index (χ1n) is 2.95. The summed E-state index contributed by atoms with van der Waals surface area (Å²) in [7, 11) is -1.01. The van der Waals surface area contributed by atoms with Crippen LogP contribution in [-0.2, 0) is 19.8 Å². The Bertz CT molecular complexity index is 247. The van der Waals surface area contributed by atoms with Crippen LogP contribution in [0.2, 0.25) is 0 Å². The van der Waals surface area contributed by atoms with E-state index in [-0.39, 0.29) is 0 Å². The van der Waals surface area contributed by atoms with Crippen LogP contribution < -0.4 is 10.6 Å². The van der Waals surface area contributed by atoms with Crippen LogP contribution in [0.15, 0.2) is 0 Å². The molecule has 0 spiro atoms. The molecule has 12 heavy (non-hydrogen) atoms. The van der Waals surface area contributed by atoms with Gasteiger partial charge in [-0.3, -0.25) is 9.63 Å². The molecule has 0 saturated carbocycles. The molecule has 7 nitrogen and oxygen atoms in total. The largest absolute Gasteiger partial charge is 0.368 e. The van der Waals surface area contributed by atoms with Crippen molar-refractivity contribution in [3.63, 3.8) is 0 Å². The number of primary amides is 1. The first kappa shape index (κ1) is 11.3. The van der Waals surface area contributed by atoms with Gasteiger partial charge in [0.15, 0.2) is 0 Å². The number of amides is 1. The summed E-state index contributed by atoms with van der Waals surface area (Å²) in [6, 6.07) is 0.